The number of rotatable bonds is 14. The van der Waals surface area contributed by atoms with Gasteiger partial charge in [0.15, 0.2) is 0 Å². The second-order valence-corrected chi connectivity index (χ2v) is 9.31. The highest BCUT2D eigenvalue weighted by atomic mass is 32.2. The quantitative estimate of drug-likeness (QED) is 0.148. The van der Waals surface area contributed by atoms with Gasteiger partial charge in [-0.1, -0.05) is 18.2 Å². The van der Waals surface area contributed by atoms with Crippen molar-refractivity contribution in [1.82, 2.24) is 20.9 Å². The molecule has 0 radical (unpaired) electrons. The van der Waals surface area contributed by atoms with Gasteiger partial charge < -0.3 is 42.0 Å². The molecular weight excluding hydrogens is 490 g/mol. The molecule has 198 valence electrons. The summed E-state index contributed by atoms with van der Waals surface area (Å²) < 4.78 is 0. The zero-order chi connectivity index (χ0) is 26.8. The number of thioether (sulfide) groups is 1. The largest absolute Gasteiger partial charge is 0.480 e. The van der Waals surface area contributed by atoms with Crippen molar-refractivity contribution in [3.8, 4) is 0 Å². The lowest BCUT2D eigenvalue weighted by atomic mass is 10.0. The molecular formula is C23H33N5O7S. The zero-order valence-electron chi connectivity index (χ0n) is 20.1. The van der Waals surface area contributed by atoms with E-state index in [0.29, 0.717) is 5.75 Å². The molecule has 3 amide bonds. The second kappa shape index (κ2) is 13.8. The van der Waals surface area contributed by atoms with Crippen LogP contribution in [0.5, 0.6) is 0 Å². The van der Waals surface area contributed by atoms with Crippen LogP contribution in [0.4, 0.5) is 0 Å². The van der Waals surface area contributed by atoms with Crippen LogP contribution in [0.3, 0.4) is 0 Å². The monoisotopic (exact) mass is 523 g/mol. The Morgan fingerprint density at radius 1 is 1.06 bits per heavy atom. The highest BCUT2D eigenvalue weighted by Crippen LogP contribution is 2.18. The minimum atomic E-state index is -1.54. The summed E-state index contributed by atoms with van der Waals surface area (Å²) in [5.41, 5.74) is 7.78. The number of H-pyrrole nitrogens is 1. The van der Waals surface area contributed by atoms with Gasteiger partial charge in [0.2, 0.25) is 17.7 Å². The molecule has 5 unspecified atom stereocenters. The molecule has 0 bridgehead atoms. The number of fused-ring (bicyclic) bond motifs is 1. The van der Waals surface area contributed by atoms with Crippen LogP contribution in [0, 0.1) is 0 Å². The predicted molar refractivity (Wildman–Crippen MR) is 135 cm³/mol. The topological polar surface area (TPSA) is 207 Å². The Labute approximate surface area is 212 Å². The van der Waals surface area contributed by atoms with Gasteiger partial charge in [-0.25, -0.2) is 4.79 Å². The van der Waals surface area contributed by atoms with Crippen molar-refractivity contribution in [2.24, 2.45) is 5.73 Å². The molecule has 9 N–H and O–H groups in total. The van der Waals surface area contributed by atoms with Gasteiger partial charge in [-0.15, -0.1) is 0 Å². The molecule has 0 saturated heterocycles. The first-order chi connectivity index (χ1) is 17.1. The number of hydrogen-bond donors (Lipinski definition) is 8. The van der Waals surface area contributed by atoms with Crippen LogP contribution in [0.1, 0.15) is 18.9 Å². The summed E-state index contributed by atoms with van der Waals surface area (Å²) in [4.78, 5) is 52.5. The van der Waals surface area contributed by atoms with E-state index in [2.05, 4.69) is 20.9 Å². The number of para-hydroxylation sites is 1. The standard InChI is InChI=1S/C23H33N5O7S/c1-12(30)19(22(33)26-17(7-8-36-2)21(32)27-18(11-29)23(34)35)28-20(31)15(24)9-13-10-25-16-6-4-3-5-14(13)16/h3-6,10,12,15,17-19,25,29-30H,7-9,11,24H2,1-2H3,(H,26,33)(H,27,32)(H,28,31)(H,34,35). The highest BCUT2D eigenvalue weighted by Gasteiger charge is 2.32. The van der Waals surface area contributed by atoms with Crippen molar-refractivity contribution in [2.75, 3.05) is 18.6 Å². The Bertz CT molecular complexity index is 1060. The van der Waals surface area contributed by atoms with E-state index in [1.807, 2.05) is 24.3 Å². The second-order valence-electron chi connectivity index (χ2n) is 8.32. The smallest absolute Gasteiger partial charge is 0.328 e. The number of carboxylic acid groups (broad SMARTS) is 1. The normalized spacial score (nSPS) is 15.4. The number of nitrogens with one attached hydrogen (secondary N) is 4. The maximum Gasteiger partial charge on any atom is 0.328 e. The molecule has 5 atom stereocenters. The zero-order valence-corrected chi connectivity index (χ0v) is 20.9. The maximum absolute atomic E-state index is 12.9. The third-order valence-corrected chi connectivity index (χ3v) is 6.20. The summed E-state index contributed by atoms with van der Waals surface area (Å²) in [6, 6.07) is 2.39. The average Bonchev–Trinajstić information content (AvgIpc) is 3.25. The number of benzene rings is 1. The third kappa shape index (κ3) is 7.95. The molecule has 0 aliphatic rings. The molecule has 0 fully saturated rings. The third-order valence-electron chi connectivity index (χ3n) is 5.55. The first-order valence-corrected chi connectivity index (χ1v) is 12.7. The highest BCUT2D eigenvalue weighted by molar-refractivity contribution is 7.98. The van der Waals surface area contributed by atoms with Crippen LogP contribution >= 0.6 is 11.8 Å². The number of amides is 3. The number of aromatic amines is 1. The Balaban J connectivity index is 2.07. The lowest BCUT2D eigenvalue weighted by Gasteiger charge is -2.26. The number of carboxylic acids is 1. The summed E-state index contributed by atoms with van der Waals surface area (Å²) in [5, 5.41) is 36.4. The first-order valence-electron chi connectivity index (χ1n) is 11.3. The minimum Gasteiger partial charge on any atom is -0.480 e. The van der Waals surface area contributed by atoms with Crippen molar-refractivity contribution < 1.29 is 34.5 Å². The molecule has 1 heterocycles. The van der Waals surface area contributed by atoms with E-state index in [1.165, 1.54) is 18.7 Å². The lowest BCUT2D eigenvalue weighted by molar-refractivity contribution is -0.143. The number of aliphatic hydroxyl groups is 2. The van der Waals surface area contributed by atoms with E-state index >= 15 is 0 Å². The number of aromatic nitrogens is 1. The van der Waals surface area contributed by atoms with Gasteiger partial charge in [0.25, 0.3) is 0 Å². The molecule has 13 heteroatoms. The molecule has 2 rings (SSSR count). The number of nitrogens with two attached hydrogens (primary N) is 1. The average molecular weight is 524 g/mol. The molecule has 2 aromatic rings. The van der Waals surface area contributed by atoms with Gasteiger partial charge >= 0.3 is 5.97 Å². The molecule has 0 saturated carbocycles. The van der Waals surface area contributed by atoms with Gasteiger partial charge in [0.1, 0.15) is 18.1 Å². The maximum atomic E-state index is 12.9. The lowest BCUT2D eigenvalue weighted by Crippen LogP contribution is -2.60. The van der Waals surface area contributed by atoms with Gasteiger partial charge in [0.05, 0.1) is 18.8 Å². The van der Waals surface area contributed by atoms with E-state index < -0.39 is 60.6 Å². The summed E-state index contributed by atoms with van der Waals surface area (Å²) >= 11 is 1.40. The van der Waals surface area contributed by atoms with Crippen molar-refractivity contribution >= 4 is 46.4 Å². The molecule has 12 nitrogen and oxygen atoms in total. The minimum absolute atomic E-state index is 0.150. The number of hydrogen-bond acceptors (Lipinski definition) is 8. The van der Waals surface area contributed by atoms with Crippen LogP contribution in [-0.4, -0.2) is 92.9 Å². The van der Waals surface area contributed by atoms with E-state index in [0.717, 1.165) is 16.5 Å². The van der Waals surface area contributed by atoms with E-state index in [9.17, 15) is 24.3 Å². The fourth-order valence-electron chi connectivity index (χ4n) is 3.52. The van der Waals surface area contributed by atoms with Crippen molar-refractivity contribution in [3.63, 3.8) is 0 Å². The van der Waals surface area contributed by atoms with Crippen LogP contribution in [0.15, 0.2) is 30.5 Å². The van der Waals surface area contributed by atoms with Crippen molar-refractivity contribution in [1.29, 1.82) is 0 Å². The number of carbonyl (C=O) groups excluding carboxylic acids is 3. The van der Waals surface area contributed by atoms with Gasteiger partial charge in [-0.2, -0.15) is 11.8 Å². The van der Waals surface area contributed by atoms with Gasteiger partial charge in [-0.3, -0.25) is 14.4 Å². The van der Waals surface area contributed by atoms with E-state index in [-0.39, 0.29) is 12.8 Å². The van der Waals surface area contributed by atoms with Crippen LogP contribution in [0.25, 0.3) is 10.9 Å². The number of aliphatic carboxylic acids is 1. The van der Waals surface area contributed by atoms with Crippen molar-refractivity contribution in [2.45, 2.75) is 50.0 Å². The number of aliphatic hydroxyl groups excluding tert-OH is 2. The van der Waals surface area contributed by atoms with Crippen LogP contribution in [-0.2, 0) is 25.6 Å². The van der Waals surface area contributed by atoms with E-state index in [4.69, 9.17) is 15.9 Å². The Morgan fingerprint density at radius 2 is 1.72 bits per heavy atom. The summed E-state index contributed by atoms with van der Waals surface area (Å²) in [5.74, 6) is -3.30. The predicted octanol–water partition coefficient (Wildman–Crippen LogP) is -1.30. The van der Waals surface area contributed by atoms with Gasteiger partial charge in [-0.05, 0) is 43.4 Å². The molecule has 1 aromatic carbocycles. The molecule has 0 spiro atoms. The fraction of sp³-hybridized carbons (Fsp3) is 0.478. The molecule has 36 heavy (non-hydrogen) atoms. The van der Waals surface area contributed by atoms with Crippen molar-refractivity contribution in [3.05, 3.63) is 36.0 Å². The Kier molecular flexibility index (Phi) is 11.2. The van der Waals surface area contributed by atoms with Crippen LogP contribution < -0.4 is 21.7 Å². The summed E-state index contributed by atoms with van der Waals surface area (Å²) in [6.07, 6.45) is 2.56. The van der Waals surface area contributed by atoms with Gasteiger partial charge in [0, 0.05) is 17.1 Å². The number of carbonyl (C=O) groups is 4. The Hall–Kier alpha value is -3.13. The van der Waals surface area contributed by atoms with E-state index in [1.54, 1.807) is 12.5 Å². The first kappa shape index (κ1) is 29.1. The summed E-state index contributed by atoms with van der Waals surface area (Å²) in [6.45, 7) is 0.476. The SMILES string of the molecule is CSCCC(NC(=O)C(NC(=O)C(N)Cc1c[nH]c2ccccc12)C(C)O)C(=O)NC(CO)C(=O)O. The molecule has 1 aromatic heterocycles. The van der Waals surface area contributed by atoms with Crippen LogP contribution in [0.2, 0.25) is 0 Å². The summed E-state index contributed by atoms with van der Waals surface area (Å²) in [7, 11) is 0. The molecule has 0 aliphatic heterocycles. The molecule has 0 aliphatic carbocycles. The Morgan fingerprint density at radius 3 is 2.33 bits per heavy atom. The fourth-order valence-corrected chi connectivity index (χ4v) is 3.99.